The fourth-order valence-electron chi connectivity index (χ4n) is 2.26. The maximum absolute atomic E-state index is 11.6. The number of aromatic nitrogens is 2. The van der Waals surface area contributed by atoms with Crippen LogP contribution in [0.2, 0.25) is 0 Å². The molecule has 1 aromatic carbocycles. The molecule has 2 aromatic rings. The third kappa shape index (κ3) is 2.66. The zero-order valence-corrected chi connectivity index (χ0v) is 11.5. The standard InChI is InChI=1S/C15H18N4O/c1-16-15(20)11-3-2-4-12(7-11)18-9-14-8-17-10-19(14)13-5-6-13/h2-4,7-8,10,13,18H,5-6,9H2,1H3,(H,16,20). The summed E-state index contributed by atoms with van der Waals surface area (Å²) in [6.07, 6.45) is 6.29. The second kappa shape index (κ2) is 5.36. The van der Waals surface area contributed by atoms with E-state index in [0.29, 0.717) is 18.2 Å². The molecule has 1 aliphatic carbocycles. The molecule has 5 nitrogen and oxygen atoms in total. The molecule has 1 aromatic heterocycles. The summed E-state index contributed by atoms with van der Waals surface area (Å²) in [6, 6.07) is 8.14. The highest BCUT2D eigenvalue weighted by Crippen LogP contribution is 2.35. The second-order valence-electron chi connectivity index (χ2n) is 5.04. The molecule has 3 rings (SSSR count). The number of hydrogen-bond donors (Lipinski definition) is 2. The summed E-state index contributed by atoms with van der Waals surface area (Å²) in [7, 11) is 1.64. The number of anilines is 1. The smallest absolute Gasteiger partial charge is 0.251 e. The molecule has 1 aliphatic rings. The van der Waals surface area contributed by atoms with E-state index < -0.39 is 0 Å². The molecule has 0 spiro atoms. The first-order chi connectivity index (χ1) is 9.78. The Hall–Kier alpha value is -2.30. The summed E-state index contributed by atoms with van der Waals surface area (Å²) in [5.41, 5.74) is 2.78. The second-order valence-corrected chi connectivity index (χ2v) is 5.04. The quantitative estimate of drug-likeness (QED) is 0.875. The van der Waals surface area contributed by atoms with E-state index in [0.717, 1.165) is 5.69 Å². The number of benzene rings is 1. The third-order valence-corrected chi connectivity index (χ3v) is 3.51. The van der Waals surface area contributed by atoms with Gasteiger partial charge in [0.1, 0.15) is 0 Å². The molecule has 1 fully saturated rings. The highest BCUT2D eigenvalue weighted by Gasteiger charge is 2.24. The fourth-order valence-corrected chi connectivity index (χ4v) is 2.26. The van der Waals surface area contributed by atoms with Crippen LogP contribution >= 0.6 is 0 Å². The minimum atomic E-state index is -0.0725. The SMILES string of the molecule is CNC(=O)c1cccc(NCc2cncn2C2CC2)c1. The molecule has 0 radical (unpaired) electrons. The van der Waals surface area contributed by atoms with Crippen molar-refractivity contribution in [3.05, 3.63) is 48.0 Å². The van der Waals surface area contributed by atoms with Gasteiger partial charge in [-0.2, -0.15) is 0 Å². The van der Waals surface area contributed by atoms with Gasteiger partial charge in [-0.3, -0.25) is 4.79 Å². The predicted molar refractivity (Wildman–Crippen MR) is 77.7 cm³/mol. The lowest BCUT2D eigenvalue weighted by Gasteiger charge is -2.10. The summed E-state index contributed by atoms with van der Waals surface area (Å²) in [4.78, 5) is 15.8. The topological polar surface area (TPSA) is 59.0 Å². The summed E-state index contributed by atoms with van der Waals surface area (Å²) in [5, 5.41) is 5.98. The molecule has 2 N–H and O–H groups in total. The highest BCUT2D eigenvalue weighted by molar-refractivity contribution is 5.94. The maximum atomic E-state index is 11.6. The Kier molecular flexibility index (Phi) is 3.41. The van der Waals surface area contributed by atoms with Crippen LogP contribution in [0.25, 0.3) is 0 Å². The Morgan fingerprint density at radius 3 is 3.05 bits per heavy atom. The van der Waals surface area contributed by atoms with Gasteiger partial charge in [-0.1, -0.05) is 6.07 Å². The van der Waals surface area contributed by atoms with E-state index >= 15 is 0 Å². The van der Waals surface area contributed by atoms with Gasteiger partial charge in [0.15, 0.2) is 0 Å². The largest absolute Gasteiger partial charge is 0.379 e. The minimum absolute atomic E-state index is 0.0725. The lowest BCUT2D eigenvalue weighted by atomic mass is 10.2. The first-order valence-electron chi connectivity index (χ1n) is 6.84. The lowest BCUT2D eigenvalue weighted by molar-refractivity contribution is 0.0963. The van der Waals surface area contributed by atoms with Crippen LogP contribution in [0.15, 0.2) is 36.8 Å². The molecule has 5 heteroatoms. The van der Waals surface area contributed by atoms with Gasteiger partial charge in [0.05, 0.1) is 18.6 Å². The summed E-state index contributed by atoms with van der Waals surface area (Å²) in [5.74, 6) is -0.0725. The monoisotopic (exact) mass is 270 g/mol. The zero-order valence-electron chi connectivity index (χ0n) is 11.5. The number of imidazole rings is 1. The number of nitrogens with zero attached hydrogens (tertiary/aromatic N) is 2. The van der Waals surface area contributed by atoms with E-state index in [9.17, 15) is 4.79 Å². The number of rotatable bonds is 5. The Bertz CT molecular complexity index is 616. The van der Waals surface area contributed by atoms with Gasteiger partial charge in [-0.05, 0) is 31.0 Å². The van der Waals surface area contributed by atoms with Crippen LogP contribution in [0.3, 0.4) is 0 Å². The normalized spacial score (nSPS) is 14.1. The van der Waals surface area contributed by atoms with Crippen molar-refractivity contribution in [3.8, 4) is 0 Å². The van der Waals surface area contributed by atoms with Crippen molar-refractivity contribution >= 4 is 11.6 Å². The van der Waals surface area contributed by atoms with Crippen molar-refractivity contribution in [1.29, 1.82) is 0 Å². The van der Waals surface area contributed by atoms with Gasteiger partial charge in [-0.25, -0.2) is 4.98 Å². The van der Waals surface area contributed by atoms with Crippen LogP contribution in [-0.4, -0.2) is 22.5 Å². The van der Waals surface area contributed by atoms with Crippen LogP contribution in [0.1, 0.15) is 34.9 Å². The Morgan fingerprint density at radius 2 is 2.30 bits per heavy atom. The van der Waals surface area contributed by atoms with Crippen LogP contribution in [0.5, 0.6) is 0 Å². The molecule has 1 amide bonds. The summed E-state index contributed by atoms with van der Waals surface area (Å²) in [6.45, 7) is 0.716. The van der Waals surface area contributed by atoms with Crippen molar-refractivity contribution < 1.29 is 4.79 Å². The Morgan fingerprint density at radius 1 is 1.45 bits per heavy atom. The predicted octanol–water partition coefficient (Wildman–Crippen LogP) is 2.19. The molecule has 20 heavy (non-hydrogen) atoms. The molecule has 1 heterocycles. The summed E-state index contributed by atoms with van der Waals surface area (Å²) >= 11 is 0. The molecule has 104 valence electrons. The molecule has 0 aliphatic heterocycles. The van der Waals surface area contributed by atoms with Crippen LogP contribution in [0.4, 0.5) is 5.69 Å². The molecule has 0 unspecified atom stereocenters. The first kappa shape index (κ1) is 12.7. The van der Waals surface area contributed by atoms with E-state index in [4.69, 9.17) is 0 Å². The van der Waals surface area contributed by atoms with Gasteiger partial charge >= 0.3 is 0 Å². The number of carbonyl (C=O) groups excluding carboxylic acids is 1. The van der Waals surface area contributed by atoms with Gasteiger partial charge in [0, 0.05) is 30.5 Å². The Labute approximate surface area is 118 Å². The van der Waals surface area contributed by atoms with E-state index in [-0.39, 0.29) is 5.91 Å². The van der Waals surface area contributed by atoms with Crippen LogP contribution in [-0.2, 0) is 6.54 Å². The number of nitrogens with one attached hydrogen (secondary N) is 2. The zero-order chi connectivity index (χ0) is 13.9. The van der Waals surface area contributed by atoms with Gasteiger partial charge in [-0.15, -0.1) is 0 Å². The van der Waals surface area contributed by atoms with Gasteiger partial charge in [0.25, 0.3) is 5.91 Å². The van der Waals surface area contributed by atoms with Crippen molar-refractivity contribution in [2.24, 2.45) is 0 Å². The van der Waals surface area contributed by atoms with E-state index in [1.165, 1.54) is 18.5 Å². The number of carbonyl (C=O) groups is 1. The van der Waals surface area contributed by atoms with E-state index in [2.05, 4.69) is 20.2 Å². The van der Waals surface area contributed by atoms with Crippen LogP contribution in [0, 0.1) is 0 Å². The maximum Gasteiger partial charge on any atom is 0.251 e. The van der Waals surface area contributed by atoms with Crippen molar-refractivity contribution in [1.82, 2.24) is 14.9 Å². The highest BCUT2D eigenvalue weighted by atomic mass is 16.1. The van der Waals surface area contributed by atoms with Gasteiger partial charge < -0.3 is 15.2 Å². The van der Waals surface area contributed by atoms with E-state index in [1.54, 1.807) is 13.1 Å². The number of amides is 1. The first-order valence-corrected chi connectivity index (χ1v) is 6.84. The van der Waals surface area contributed by atoms with Crippen molar-refractivity contribution in [3.63, 3.8) is 0 Å². The summed E-state index contributed by atoms with van der Waals surface area (Å²) < 4.78 is 2.23. The third-order valence-electron chi connectivity index (χ3n) is 3.51. The molecule has 0 saturated heterocycles. The van der Waals surface area contributed by atoms with Crippen molar-refractivity contribution in [2.75, 3.05) is 12.4 Å². The Balaban J connectivity index is 1.68. The number of hydrogen-bond acceptors (Lipinski definition) is 3. The van der Waals surface area contributed by atoms with Crippen LogP contribution < -0.4 is 10.6 Å². The van der Waals surface area contributed by atoms with E-state index in [1.807, 2.05) is 30.7 Å². The molecular formula is C15H18N4O. The lowest BCUT2D eigenvalue weighted by Crippen LogP contribution is -2.17. The molecule has 0 bridgehead atoms. The minimum Gasteiger partial charge on any atom is -0.379 e. The van der Waals surface area contributed by atoms with Gasteiger partial charge in [0.2, 0.25) is 0 Å². The molecule has 1 saturated carbocycles. The van der Waals surface area contributed by atoms with Crippen molar-refractivity contribution in [2.45, 2.75) is 25.4 Å². The average molecular weight is 270 g/mol. The fraction of sp³-hybridized carbons (Fsp3) is 0.333. The molecular weight excluding hydrogens is 252 g/mol. The molecule has 0 atom stereocenters. The average Bonchev–Trinajstić information content (AvgIpc) is 3.23.